The number of aliphatic hydroxyl groups is 2. The lowest BCUT2D eigenvalue weighted by Crippen LogP contribution is -2.34. The molecular weight excluding hydrogens is 389 g/mol. The van der Waals surface area contributed by atoms with Crippen molar-refractivity contribution < 1.29 is 28.9 Å². The van der Waals surface area contributed by atoms with Gasteiger partial charge in [-0.25, -0.2) is 4.39 Å². The molecule has 6 nitrogen and oxygen atoms in total. The van der Waals surface area contributed by atoms with Gasteiger partial charge in [-0.3, -0.25) is 9.59 Å². The van der Waals surface area contributed by atoms with Crippen LogP contribution in [-0.2, 0) is 14.3 Å². The van der Waals surface area contributed by atoms with Crippen LogP contribution in [0.15, 0.2) is 72.0 Å². The molecule has 0 fully saturated rings. The third-order valence-corrected chi connectivity index (χ3v) is 4.69. The number of ether oxygens (including phenoxy) is 1. The van der Waals surface area contributed by atoms with Crippen LogP contribution in [0.5, 0.6) is 0 Å². The van der Waals surface area contributed by atoms with E-state index in [1.807, 2.05) is 30.3 Å². The molecule has 1 amide bonds. The average molecular weight is 411 g/mol. The molecule has 3 rings (SSSR count). The van der Waals surface area contributed by atoms with Crippen molar-refractivity contribution >= 4 is 17.8 Å². The summed E-state index contributed by atoms with van der Waals surface area (Å²) in [4.78, 5) is 26.9. The number of amides is 1. The van der Waals surface area contributed by atoms with Crippen LogP contribution < -0.4 is 0 Å². The Labute approximate surface area is 173 Å². The van der Waals surface area contributed by atoms with E-state index in [4.69, 9.17) is 9.84 Å². The van der Waals surface area contributed by atoms with Crippen LogP contribution in [0.25, 0.3) is 6.08 Å². The van der Waals surface area contributed by atoms with Crippen LogP contribution in [0.3, 0.4) is 0 Å². The zero-order chi connectivity index (χ0) is 21.5. The van der Waals surface area contributed by atoms with Crippen molar-refractivity contribution in [3.63, 3.8) is 0 Å². The number of allylic oxidation sites excluding steroid dienone is 1. The molecule has 156 valence electrons. The molecule has 0 spiro atoms. The fourth-order valence-electron chi connectivity index (χ4n) is 3.28. The lowest BCUT2D eigenvalue weighted by Gasteiger charge is -2.26. The van der Waals surface area contributed by atoms with Crippen LogP contribution >= 0.6 is 0 Å². The first-order chi connectivity index (χ1) is 14.5. The first-order valence-corrected chi connectivity index (χ1v) is 9.48. The zero-order valence-corrected chi connectivity index (χ0v) is 16.2. The van der Waals surface area contributed by atoms with Gasteiger partial charge in [0.15, 0.2) is 11.5 Å². The van der Waals surface area contributed by atoms with Crippen molar-refractivity contribution in [2.75, 3.05) is 26.4 Å². The number of halogens is 1. The highest BCUT2D eigenvalue weighted by molar-refractivity contribution is 6.14. The molecule has 0 saturated heterocycles. The Bertz CT molecular complexity index is 953. The van der Waals surface area contributed by atoms with Crippen LogP contribution in [0.2, 0.25) is 0 Å². The van der Waals surface area contributed by atoms with Crippen LogP contribution in [0, 0.1) is 5.82 Å². The Hall–Kier alpha value is -3.29. The normalized spacial score (nSPS) is 16.7. The van der Waals surface area contributed by atoms with Crippen molar-refractivity contribution in [2.45, 2.75) is 6.04 Å². The van der Waals surface area contributed by atoms with Crippen molar-refractivity contribution in [3.8, 4) is 0 Å². The number of carbonyl (C=O) groups is 2. The Morgan fingerprint density at radius 3 is 2.47 bits per heavy atom. The highest BCUT2D eigenvalue weighted by Crippen LogP contribution is 2.37. The number of hydrogen-bond acceptors (Lipinski definition) is 5. The molecule has 2 N–H and O–H groups in total. The molecule has 2 aromatic rings. The van der Waals surface area contributed by atoms with Gasteiger partial charge in [-0.05, 0) is 29.3 Å². The van der Waals surface area contributed by atoms with Gasteiger partial charge in [0, 0.05) is 6.54 Å². The second-order valence-electron chi connectivity index (χ2n) is 6.66. The van der Waals surface area contributed by atoms with Gasteiger partial charge in [-0.15, -0.1) is 0 Å². The molecule has 0 aliphatic carbocycles. The van der Waals surface area contributed by atoms with Crippen LogP contribution in [0.4, 0.5) is 4.39 Å². The van der Waals surface area contributed by atoms with Gasteiger partial charge in [0.2, 0.25) is 0 Å². The summed E-state index contributed by atoms with van der Waals surface area (Å²) in [7, 11) is 0. The van der Waals surface area contributed by atoms with Gasteiger partial charge in [-0.1, -0.05) is 48.5 Å². The molecule has 0 saturated carbocycles. The minimum atomic E-state index is -0.872. The summed E-state index contributed by atoms with van der Waals surface area (Å²) >= 11 is 0. The number of aliphatic hydroxyl groups excluding tert-OH is 2. The summed E-state index contributed by atoms with van der Waals surface area (Å²) in [5.41, 5.74) is 1.22. The summed E-state index contributed by atoms with van der Waals surface area (Å²) in [5.74, 6) is -2.30. The van der Waals surface area contributed by atoms with E-state index < -0.39 is 29.3 Å². The predicted molar refractivity (Wildman–Crippen MR) is 109 cm³/mol. The van der Waals surface area contributed by atoms with E-state index >= 15 is 0 Å². The SMILES string of the molecule is O=C(C=Cc1ccccc1)C1=C(O)C(=O)N(CCOCCO)C1c1ccc(F)cc1. The molecule has 1 unspecified atom stereocenters. The van der Waals surface area contributed by atoms with Crippen molar-refractivity contribution in [1.82, 2.24) is 4.90 Å². The minimum Gasteiger partial charge on any atom is -0.503 e. The van der Waals surface area contributed by atoms with Crippen molar-refractivity contribution in [3.05, 3.63) is 88.9 Å². The second-order valence-corrected chi connectivity index (χ2v) is 6.66. The van der Waals surface area contributed by atoms with Crippen LogP contribution in [-0.4, -0.2) is 53.2 Å². The highest BCUT2D eigenvalue weighted by atomic mass is 19.1. The molecule has 0 aromatic heterocycles. The first kappa shape index (κ1) is 21.4. The Morgan fingerprint density at radius 2 is 1.80 bits per heavy atom. The highest BCUT2D eigenvalue weighted by Gasteiger charge is 2.42. The van der Waals surface area contributed by atoms with Gasteiger partial charge in [0.1, 0.15) is 5.82 Å². The van der Waals surface area contributed by atoms with E-state index in [9.17, 15) is 19.1 Å². The summed E-state index contributed by atoms with van der Waals surface area (Å²) in [5, 5.41) is 19.3. The fourth-order valence-corrected chi connectivity index (χ4v) is 3.28. The lowest BCUT2D eigenvalue weighted by atomic mass is 9.95. The predicted octanol–water partition coefficient (Wildman–Crippen LogP) is 2.81. The maximum Gasteiger partial charge on any atom is 0.290 e. The molecule has 7 heteroatoms. The van der Waals surface area contributed by atoms with E-state index in [2.05, 4.69) is 0 Å². The number of nitrogens with zero attached hydrogens (tertiary/aromatic N) is 1. The number of rotatable bonds is 9. The van der Waals surface area contributed by atoms with Crippen molar-refractivity contribution in [1.29, 1.82) is 0 Å². The minimum absolute atomic E-state index is 0.0686. The monoisotopic (exact) mass is 411 g/mol. The maximum atomic E-state index is 13.4. The molecule has 1 heterocycles. The van der Waals surface area contributed by atoms with E-state index in [0.717, 1.165) is 5.56 Å². The second kappa shape index (κ2) is 9.96. The lowest BCUT2D eigenvalue weighted by molar-refractivity contribution is -0.130. The van der Waals surface area contributed by atoms with E-state index in [1.54, 1.807) is 6.08 Å². The summed E-state index contributed by atoms with van der Waals surface area (Å²) in [6.07, 6.45) is 2.90. The van der Waals surface area contributed by atoms with E-state index in [-0.39, 0.29) is 31.9 Å². The standard InChI is InChI=1S/C23H22FNO5/c24-18-9-7-17(8-10-18)21-20(19(27)11-6-16-4-2-1-3-5-16)22(28)23(29)25(21)12-14-30-15-13-26/h1-11,21,26,28H,12-15H2. The first-order valence-electron chi connectivity index (χ1n) is 9.48. The number of hydrogen-bond donors (Lipinski definition) is 2. The maximum absolute atomic E-state index is 13.4. The van der Waals surface area contributed by atoms with Crippen molar-refractivity contribution in [2.24, 2.45) is 0 Å². The van der Waals surface area contributed by atoms with E-state index in [1.165, 1.54) is 35.2 Å². The van der Waals surface area contributed by atoms with Crippen LogP contribution in [0.1, 0.15) is 17.2 Å². The summed E-state index contributed by atoms with van der Waals surface area (Å²) < 4.78 is 18.6. The fraction of sp³-hybridized carbons (Fsp3) is 0.217. The molecule has 0 radical (unpaired) electrons. The molecule has 0 bridgehead atoms. The Balaban J connectivity index is 1.91. The van der Waals surface area contributed by atoms with Gasteiger partial charge < -0.3 is 19.8 Å². The molecule has 1 aliphatic rings. The number of ketones is 1. The van der Waals surface area contributed by atoms with Gasteiger partial charge in [0.05, 0.1) is 31.4 Å². The topological polar surface area (TPSA) is 87.1 Å². The quantitative estimate of drug-likeness (QED) is 0.490. The molecule has 1 aliphatic heterocycles. The third-order valence-electron chi connectivity index (χ3n) is 4.69. The van der Waals surface area contributed by atoms with E-state index in [0.29, 0.717) is 5.56 Å². The molecule has 30 heavy (non-hydrogen) atoms. The third kappa shape index (κ3) is 4.82. The number of benzene rings is 2. The Morgan fingerprint density at radius 1 is 1.10 bits per heavy atom. The largest absolute Gasteiger partial charge is 0.503 e. The van der Waals surface area contributed by atoms with Gasteiger partial charge in [-0.2, -0.15) is 0 Å². The average Bonchev–Trinajstić information content (AvgIpc) is 3.01. The smallest absolute Gasteiger partial charge is 0.290 e. The summed E-state index contributed by atoms with van der Waals surface area (Å²) in [6.45, 7) is 0.143. The molecular formula is C23H22FNO5. The number of carbonyl (C=O) groups excluding carboxylic acids is 2. The molecule has 2 aromatic carbocycles. The molecule has 1 atom stereocenters. The zero-order valence-electron chi connectivity index (χ0n) is 16.2. The van der Waals surface area contributed by atoms with Gasteiger partial charge >= 0.3 is 0 Å². The Kier molecular flexibility index (Phi) is 7.11. The summed E-state index contributed by atoms with van der Waals surface area (Å²) in [6, 6.07) is 13.7. The van der Waals surface area contributed by atoms with Gasteiger partial charge in [0.25, 0.3) is 5.91 Å².